The first-order valence-electron chi connectivity index (χ1n) is 12.3. The van der Waals surface area contributed by atoms with E-state index in [-0.39, 0.29) is 29.9 Å². The van der Waals surface area contributed by atoms with Crippen molar-refractivity contribution in [3.05, 3.63) is 81.5 Å². The molecule has 200 valence electrons. The van der Waals surface area contributed by atoms with Gasteiger partial charge in [0.1, 0.15) is 18.2 Å². The summed E-state index contributed by atoms with van der Waals surface area (Å²) in [6.07, 6.45) is -0.0723. The predicted molar refractivity (Wildman–Crippen MR) is 139 cm³/mol. The predicted octanol–water partition coefficient (Wildman–Crippen LogP) is 6.40. The molecule has 1 fully saturated rings. The summed E-state index contributed by atoms with van der Waals surface area (Å²) in [5, 5.41) is 28.0. The number of aromatic nitrogens is 2. The molecule has 0 aliphatic heterocycles. The van der Waals surface area contributed by atoms with E-state index < -0.39 is 22.7 Å². The summed E-state index contributed by atoms with van der Waals surface area (Å²) >= 11 is 0. The van der Waals surface area contributed by atoms with Crippen LogP contribution in [-0.4, -0.2) is 32.1 Å². The van der Waals surface area contributed by atoms with E-state index in [1.165, 1.54) is 18.2 Å². The van der Waals surface area contributed by atoms with E-state index in [1.54, 1.807) is 4.68 Å². The van der Waals surface area contributed by atoms with Gasteiger partial charge in [-0.25, -0.2) is 14.3 Å². The lowest BCUT2D eigenvalue weighted by Gasteiger charge is -2.22. The van der Waals surface area contributed by atoms with Gasteiger partial charge >= 0.3 is 12.2 Å². The summed E-state index contributed by atoms with van der Waals surface area (Å²) in [6, 6.07) is 15.1. The van der Waals surface area contributed by atoms with Crippen molar-refractivity contribution in [3.63, 3.8) is 0 Å². The number of benzene rings is 2. The zero-order chi connectivity index (χ0) is 27.4. The van der Waals surface area contributed by atoms with Crippen molar-refractivity contribution in [1.82, 2.24) is 9.78 Å². The Bertz CT molecular complexity index is 1330. The fourth-order valence-electron chi connectivity index (χ4n) is 4.75. The Labute approximate surface area is 219 Å². The molecule has 2 aromatic carbocycles. The molecular formula is C27H30N4O7. The number of carboxylic acid groups (broad SMARTS) is 1. The maximum Gasteiger partial charge on any atom is 0.511 e. The van der Waals surface area contributed by atoms with E-state index in [0.717, 1.165) is 17.7 Å². The van der Waals surface area contributed by atoms with Crippen molar-refractivity contribution in [3.8, 4) is 5.75 Å². The SMILES string of the molecule is CC(C)(C)n1nc([C@@H]2CC[C@H](c3cc([N+](=O)[O-])ccc3OC(=O)O)C2)cc1NC(=O)OCc1ccccc1. The molecule has 3 aromatic rings. The van der Waals surface area contributed by atoms with Crippen LogP contribution in [0.1, 0.15) is 68.7 Å². The summed E-state index contributed by atoms with van der Waals surface area (Å²) in [7, 11) is 0. The number of carbonyl (C=O) groups excluding carboxylic acids is 1. The highest BCUT2D eigenvalue weighted by atomic mass is 16.7. The van der Waals surface area contributed by atoms with Crippen LogP contribution in [0.3, 0.4) is 0 Å². The maximum atomic E-state index is 12.6. The van der Waals surface area contributed by atoms with Crippen LogP contribution in [0.4, 0.5) is 21.1 Å². The molecule has 0 bridgehead atoms. The second kappa shape index (κ2) is 10.9. The van der Waals surface area contributed by atoms with E-state index in [0.29, 0.717) is 24.2 Å². The van der Waals surface area contributed by atoms with Gasteiger partial charge in [-0.15, -0.1) is 0 Å². The van der Waals surface area contributed by atoms with E-state index in [1.807, 2.05) is 57.2 Å². The van der Waals surface area contributed by atoms with Crippen LogP contribution in [0.2, 0.25) is 0 Å². The molecule has 11 nitrogen and oxygen atoms in total. The number of nitro benzene ring substituents is 1. The Morgan fingerprint density at radius 1 is 1.13 bits per heavy atom. The Hall–Kier alpha value is -4.41. The van der Waals surface area contributed by atoms with Crippen molar-refractivity contribution in [2.24, 2.45) is 0 Å². The van der Waals surface area contributed by atoms with Crippen molar-refractivity contribution in [2.75, 3.05) is 5.32 Å². The summed E-state index contributed by atoms with van der Waals surface area (Å²) in [5.41, 5.74) is 1.57. The number of anilines is 1. The number of nitrogens with one attached hydrogen (secondary N) is 1. The second-order valence-corrected chi connectivity index (χ2v) is 10.3. The molecule has 1 aromatic heterocycles. The maximum absolute atomic E-state index is 12.6. The first-order valence-corrected chi connectivity index (χ1v) is 12.3. The fourth-order valence-corrected chi connectivity index (χ4v) is 4.75. The minimum Gasteiger partial charge on any atom is -0.449 e. The van der Waals surface area contributed by atoms with Gasteiger partial charge in [0.15, 0.2) is 0 Å². The molecule has 1 saturated carbocycles. The number of nitro groups is 1. The third-order valence-electron chi connectivity index (χ3n) is 6.50. The molecule has 1 aliphatic carbocycles. The molecule has 2 atom stereocenters. The third-order valence-corrected chi connectivity index (χ3v) is 6.50. The monoisotopic (exact) mass is 522 g/mol. The van der Waals surface area contributed by atoms with Crippen LogP contribution < -0.4 is 10.1 Å². The van der Waals surface area contributed by atoms with Crippen LogP contribution in [0.25, 0.3) is 0 Å². The molecule has 2 N–H and O–H groups in total. The highest BCUT2D eigenvalue weighted by Gasteiger charge is 2.33. The smallest absolute Gasteiger partial charge is 0.449 e. The standard InChI is InChI=1S/C27H30N4O7/c1-27(2,3)30-24(28-25(32)37-16-17-7-5-4-6-8-17)15-22(29-30)19-10-9-18(13-19)21-14-20(31(35)36)11-12-23(21)38-26(33)34/h4-8,11-12,14-15,18-19H,9-10,13,16H2,1-3H3,(H,28,32)(H,33,34)/t18-,19+/m0/s1. The summed E-state index contributed by atoms with van der Waals surface area (Å²) in [6.45, 7) is 6.05. The average Bonchev–Trinajstić information content (AvgIpc) is 3.51. The number of hydrogen-bond acceptors (Lipinski definition) is 7. The van der Waals surface area contributed by atoms with Gasteiger partial charge in [0.25, 0.3) is 5.69 Å². The van der Waals surface area contributed by atoms with E-state index in [4.69, 9.17) is 19.7 Å². The number of carbonyl (C=O) groups is 2. The Morgan fingerprint density at radius 2 is 1.84 bits per heavy atom. The topological polar surface area (TPSA) is 146 Å². The zero-order valence-corrected chi connectivity index (χ0v) is 21.4. The number of nitrogens with zero attached hydrogens (tertiary/aromatic N) is 3. The summed E-state index contributed by atoms with van der Waals surface area (Å²) < 4.78 is 12.0. The lowest BCUT2D eigenvalue weighted by molar-refractivity contribution is -0.385. The molecular weight excluding hydrogens is 492 g/mol. The van der Waals surface area contributed by atoms with E-state index in [2.05, 4.69) is 5.32 Å². The quantitative estimate of drug-likeness (QED) is 0.157. The number of amides is 1. The van der Waals surface area contributed by atoms with Gasteiger partial charge in [-0.05, 0) is 57.6 Å². The fraction of sp³-hybridized carbons (Fsp3) is 0.370. The molecule has 0 radical (unpaired) electrons. The number of non-ortho nitro benzene ring substituents is 1. The van der Waals surface area contributed by atoms with Crippen LogP contribution in [0.5, 0.6) is 5.75 Å². The second-order valence-electron chi connectivity index (χ2n) is 10.3. The number of hydrogen-bond donors (Lipinski definition) is 2. The summed E-state index contributed by atoms with van der Waals surface area (Å²) in [5.74, 6) is 0.444. The molecule has 1 amide bonds. The zero-order valence-electron chi connectivity index (χ0n) is 21.4. The average molecular weight is 523 g/mol. The van der Waals surface area contributed by atoms with Crippen molar-refractivity contribution in [1.29, 1.82) is 0 Å². The highest BCUT2D eigenvalue weighted by Crippen LogP contribution is 2.47. The van der Waals surface area contributed by atoms with E-state index >= 15 is 0 Å². The Morgan fingerprint density at radius 3 is 2.50 bits per heavy atom. The van der Waals surface area contributed by atoms with Gasteiger partial charge in [-0.3, -0.25) is 15.4 Å². The lowest BCUT2D eigenvalue weighted by atomic mass is 9.94. The van der Waals surface area contributed by atoms with Gasteiger partial charge < -0.3 is 14.6 Å². The minimum absolute atomic E-state index is 0.00132. The first-order chi connectivity index (χ1) is 18.0. The Balaban J connectivity index is 1.53. The van der Waals surface area contributed by atoms with E-state index in [9.17, 15) is 19.7 Å². The molecule has 38 heavy (non-hydrogen) atoms. The number of rotatable bonds is 7. The highest BCUT2D eigenvalue weighted by molar-refractivity contribution is 5.83. The molecule has 4 rings (SSSR count). The number of ether oxygens (including phenoxy) is 2. The van der Waals surface area contributed by atoms with Crippen molar-refractivity contribution in [2.45, 2.75) is 64.0 Å². The molecule has 0 saturated heterocycles. The van der Waals surface area contributed by atoms with Crippen molar-refractivity contribution >= 4 is 23.8 Å². The molecule has 0 unspecified atom stereocenters. The van der Waals surface area contributed by atoms with Crippen LogP contribution >= 0.6 is 0 Å². The molecule has 11 heteroatoms. The lowest BCUT2D eigenvalue weighted by Crippen LogP contribution is -2.27. The van der Waals surface area contributed by atoms with Gasteiger partial charge in [0.05, 0.1) is 16.2 Å². The van der Waals surface area contributed by atoms with Crippen LogP contribution in [0, 0.1) is 10.1 Å². The van der Waals surface area contributed by atoms with Gasteiger partial charge in [-0.1, -0.05) is 30.3 Å². The van der Waals surface area contributed by atoms with Gasteiger partial charge in [-0.2, -0.15) is 5.10 Å². The first kappa shape index (κ1) is 26.6. The van der Waals surface area contributed by atoms with Crippen LogP contribution in [-0.2, 0) is 16.9 Å². The van der Waals surface area contributed by atoms with Crippen molar-refractivity contribution < 1.29 is 29.1 Å². The molecule has 0 spiro atoms. The summed E-state index contributed by atoms with van der Waals surface area (Å²) in [4.78, 5) is 34.5. The minimum atomic E-state index is -1.48. The molecule has 1 heterocycles. The largest absolute Gasteiger partial charge is 0.511 e. The van der Waals surface area contributed by atoms with Crippen LogP contribution in [0.15, 0.2) is 54.6 Å². The van der Waals surface area contributed by atoms with Gasteiger partial charge in [0, 0.05) is 29.7 Å². The molecule has 1 aliphatic rings. The normalized spacial score (nSPS) is 17.1. The third kappa shape index (κ3) is 6.28. The van der Waals surface area contributed by atoms with Gasteiger partial charge in [0.2, 0.25) is 0 Å². The Kier molecular flexibility index (Phi) is 7.65.